The van der Waals surface area contributed by atoms with Crippen LogP contribution in [0.5, 0.6) is 0 Å². The summed E-state index contributed by atoms with van der Waals surface area (Å²) in [5, 5.41) is 13.8. The number of hydrogen-bond acceptors (Lipinski definition) is 1. The van der Waals surface area contributed by atoms with Crippen molar-refractivity contribution in [2.45, 2.75) is 0 Å². The van der Waals surface area contributed by atoms with E-state index in [1.807, 2.05) is 12.1 Å². The maximum Gasteiger partial charge on any atom is 0.255 e. The van der Waals surface area contributed by atoms with E-state index >= 15 is 0 Å². The van der Waals surface area contributed by atoms with Gasteiger partial charge in [0, 0.05) is 16.3 Å². The molecule has 2 aromatic rings. The van der Waals surface area contributed by atoms with Crippen molar-refractivity contribution in [3.8, 4) is 0 Å². The van der Waals surface area contributed by atoms with Crippen LogP contribution in [0.4, 0.5) is 5.69 Å². The summed E-state index contributed by atoms with van der Waals surface area (Å²) in [6.07, 6.45) is 3.26. The summed E-state index contributed by atoms with van der Waals surface area (Å²) < 4.78 is 0. The number of amides is 1. The average molecular weight is 287 g/mol. The van der Waals surface area contributed by atoms with Crippen LogP contribution in [-0.4, -0.2) is 12.5 Å². The monoisotopic (exact) mass is 286 g/mol. The summed E-state index contributed by atoms with van der Waals surface area (Å²) in [6.45, 7) is -0.263. The van der Waals surface area contributed by atoms with Crippen molar-refractivity contribution in [3.05, 3.63) is 70.8 Å². The molecule has 0 aliphatic rings. The Labute approximate surface area is 122 Å². The lowest BCUT2D eigenvalue weighted by molar-refractivity contribution is 0.102. The van der Waals surface area contributed by atoms with Gasteiger partial charge >= 0.3 is 0 Å². The zero-order chi connectivity index (χ0) is 14.4. The molecule has 1 amide bonds. The predicted octanol–water partition coefficient (Wildman–Crippen LogP) is 4.04. The van der Waals surface area contributed by atoms with Crippen LogP contribution in [0, 0.1) is 0 Å². The van der Waals surface area contributed by atoms with E-state index < -0.39 is 0 Å². The second-order valence-corrected chi connectivity index (χ2v) is 4.59. The van der Waals surface area contributed by atoms with E-state index in [9.17, 15) is 9.90 Å². The summed E-state index contributed by atoms with van der Waals surface area (Å²) in [5.74, 6) is -0.202. The standard InChI is InChI=1S/C16H13ClNO2/c17-14-8-6-13(7-9-14)16(20)18-15-5-1-3-12(11-15)4-2-10-19/h1-9,11H,10H2,(H,18,20)/b4-2+. The van der Waals surface area contributed by atoms with Crippen molar-refractivity contribution >= 4 is 29.3 Å². The summed E-state index contributed by atoms with van der Waals surface area (Å²) in [7, 11) is 0. The highest BCUT2D eigenvalue weighted by atomic mass is 35.5. The first-order chi connectivity index (χ1) is 9.69. The second kappa shape index (κ2) is 6.89. The van der Waals surface area contributed by atoms with Gasteiger partial charge in [0.15, 0.2) is 0 Å². The minimum atomic E-state index is -0.263. The SMILES string of the molecule is [O]C/C=C/c1cccc(NC(=O)c2ccc(Cl)cc2)c1. The van der Waals surface area contributed by atoms with Crippen molar-refractivity contribution in [2.75, 3.05) is 11.9 Å². The lowest BCUT2D eigenvalue weighted by Gasteiger charge is -2.06. The number of carbonyl (C=O) groups excluding carboxylic acids is 1. The predicted molar refractivity (Wildman–Crippen MR) is 80.4 cm³/mol. The van der Waals surface area contributed by atoms with Crippen molar-refractivity contribution in [1.82, 2.24) is 0 Å². The number of halogens is 1. The van der Waals surface area contributed by atoms with E-state index in [1.54, 1.807) is 42.5 Å². The van der Waals surface area contributed by atoms with E-state index in [2.05, 4.69) is 5.32 Å². The normalized spacial score (nSPS) is 10.7. The maximum atomic E-state index is 12.0. The number of benzene rings is 2. The van der Waals surface area contributed by atoms with E-state index in [1.165, 1.54) is 6.08 Å². The maximum absolute atomic E-state index is 12.0. The van der Waals surface area contributed by atoms with Gasteiger partial charge in [0.1, 0.15) is 6.61 Å². The molecule has 0 saturated carbocycles. The molecule has 2 aromatic carbocycles. The molecule has 4 heteroatoms. The van der Waals surface area contributed by atoms with Crippen LogP contribution in [0.25, 0.3) is 6.08 Å². The molecule has 1 N–H and O–H groups in total. The van der Waals surface area contributed by atoms with Crippen LogP contribution in [0.2, 0.25) is 5.02 Å². The van der Waals surface area contributed by atoms with E-state index in [0.717, 1.165) is 5.56 Å². The highest BCUT2D eigenvalue weighted by Gasteiger charge is 2.05. The molecule has 0 unspecified atom stereocenters. The smallest absolute Gasteiger partial charge is 0.255 e. The first-order valence-corrected chi connectivity index (χ1v) is 6.48. The van der Waals surface area contributed by atoms with Crippen molar-refractivity contribution in [2.24, 2.45) is 0 Å². The molecule has 0 bridgehead atoms. The number of rotatable bonds is 4. The number of nitrogens with one attached hydrogen (secondary N) is 1. The molecular weight excluding hydrogens is 274 g/mol. The van der Waals surface area contributed by atoms with Gasteiger partial charge in [-0.05, 0) is 42.0 Å². The van der Waals surface area contributed by atoms with Gasteiger partial charge in [0.25, 0.3) is 5.91 Å². The molecule has 0 aliphatic carbocycles. The minimum absolute atomic E-state index is 0.202. The lowest BCUT2D eigenvalue weighted by atomic mass is 10.1. The fourth-order valence-electron chi connectivity index (χ4n) is 1.71. The Bertz CT molecular complexity index is 621. The largest absolute Gasteiger partial charge is 0.322 e. The molecule has 20 heavy (non-hydrogen) atoms. The summed E-state index contributed by atoms with van der Waals surface area (Å²) in [4.78, 5) is 12.0. The Morgan fingerprint density at radius 1 is 1.15 bits per heavy atom. The number of hydrogen-bond donors (Lipinski definition) is 1. The van der Waals surface area contributed by atoms with Gasteiger partial charge < -0.3 is 5.32 Å². The molecule has 0 aromatic heterocycles. The Morgan fingerprint density at radius 3 is 2.60 bits per heavy atom. The third kappa shape index (κ3) is 3.95. The third-order valence-electron chi connectivity index (χ3n) is 2.66. The molecule has 2 rings (SSSR count). The molecule has 0 saturated heterocycles. The van der Waals surface area contributed by atoms with Gasteiger partial charge in [0.2, 0.25) is 0 Å². The van der Waals surface area contributed by atoms with Crippen LogP contribution in [-0.2, 0) is 5.11 Å². The van der Waals surface area contributed by atoms with Gasteiger partial charge in [0.05, 0.1) is 0 Å². The van der Waals surface area contributed by atoms with Crippen molar-refractivity contribution < 1.29 is 9.90 Å². The first kappa shape index (κ1) is 14.3. The van der Waals surface area contributed by atoms with Gasteiger partial charge in [-0.1, -0.05) is 35.9 Å². The number of carbonyl (C=O) groups is 1. The van der Waals surface area contributed by atoms with E-state index in [4.69, 9.17) is 11.6 Å². The molecule has 3 nitrogen and oxygen atoms in total. The highest BCUT2D eigenvalue weighted by Crippen LogP contribution is 2.15. The minimum Gasteiger partial charge on any atom is -0.322 e. The van der Waals surface area contributed by atoms with Gasteiger partial charge in [-0.3, -0.25) is 4.79 Å². The third-order valence-corrected chi connectivity index (χ3v) is 2.91. The molecule has 0 atom stereocenters. The lowest BCUT2D eigenvalue weighted by Crippen LogP contribution is -2.11. The molecule has 0 aliphatic heterocycles. The highest BCUT2D eigenvalue weighted by molar-refractivity contribution is 6.30. The zero-order valence-electron chi connectivity index (χ0n) is 10.7. The number of anilines is 1. The van der Waals surface area contributed by atoms with Gasteiger partial charge in [-0.2, -0.15) is 0 Å². The fourth-order valence-corrected chi connectivity index (χ4v) is 1.83. The van der Waals surface area contributed by atoms with Crippen LogP contribution < -0.4 is 5.32 Å². The molecule has 1 radical (unpaired) electrons. The van der Waals surface area contributed by atoms with Gasteiger partial charge in [-0.15, -0.1) is 0 Å². The Morgan fingerprint density at radius 2 is 1.90 bits per heavy atom. The molecule has 0 spiro atoms. The Kier molecular flexibility index (Phi) is 4.93. The molecule has 0 fully saturated rings. The topological polar surface area (TPSA) is 49.0 Å². The zero-order valence-corrected chi connectivity index (χ0v) is 11.4. The van der Waals surface area contributed by atoms with Crippen LogP contribution in [0.3, 0.4) is 0 Å². The van der Waals surface area contributed by atoms with E-state index in [-0.39, 0.29) is 12.5 Å². The van der Waals surface area contributed by atoms with Crippen molar-refractivity contribution in [1.29, 1.82) is 0 Å². The Hall–Kier alpha value is -2.10. The molecular formula is C16H13ClNO2. The summed E-state index contributed by atoms with van der Waals surface area (Å²) >= 11 is 5.78. The average Bonchev–Trinajstić information content (AvgIpc) is 2.46. The van der Waals surface area contributed by atoms with Crippen molar-refractivity contribution in [3.63, 3.8) is 0 Å². The fraction of sp³-hybridized carbons (Fsp3) is 0.0625. The first-order valence-electron chi connectivity index (χ1n) is 6.10. The summed E-state index contributed by atoms with van der Waals surface area (Å²) in [5.41, 5.74) is 2.09. The van der Waals surface area contributed by atoms with Gasteiger partial charge in [-0.25, -0.2) is 5.11 Å². The van der Waals surface area contributed by atoms with Crippen LogP contribution >= 0.6 is 11.6 Å². The van der Waals surface area contributed by atoms with Crippen LogP contribution in [0.1, 0.15) is 15.9 Å². The quantitative estimate of drug-likeness (QED) is 0.906. The van der Waals surface area contributed by atoms with E-state index in [0.29, 0.717) is 16.3 Å². The Balaban J connectivity index is 2.11. The van der Waals surface area contributed by atoms with Crippen LogP contribution in [0.15, 0.2) is 54.6 Å². The summed E-state index contributed by atoms with van der Waals surface area (Å²) in [6, 6.07) is 14.0. The molecule has 0 heterocycles. The second-order valence-electron chi connectivity index (χ2n) is 4.16. The molecule has 101 valence electrons.